The SMILES string of the molecule is CCOC(=O)C(C#N)=C(SC)SC.CCOC(=O)c1c(SC)nn(-c2ccccc2)c1N. The molecule has 8 nitrogen and oxygen atoms in total. The molecule has 2 aromatic rings. The smallest absolute Gasteiger partial charge is 0.350 e. The van der Waals surface area contributed by atoms with Crippen molar-refractivity contribution in [1.82, 2.24) is 9.78 Å². The Morgan fingerprint density at radius 1 is 1.09 bits per heavy atom. The van der Waals surface area contributed by atoms with Crippen molar-refractivity contribution in [2.45, 2.75) is 18.9 Å². The van der Waals surface area contributed by atoms with Gasteiger partial charge in [-0.1, -0.05) is 18.2 Å². The van der Waals surface area contributed by atoms with Crippen LogP contribution in [-0.2, 0) is 14.3 Å². The molecule has 2 N–H and O–H groups in total. The van der Waals surface area contributed by atoms with E-state index in [4.69, 9.17) is 20.5 Å². The van der Waals surface area contributed by atoms with Gasteiger partial charge in [-0.05, 0) is 44.7 Å². The summed E-state index contributed by atoms with van der Waals surface area (Å²) in [7, 11) is 0. The fourth-order valence-corrected chi connectivity index (χ4v) is 4.27. The molecule has 1 aromatic carbocycles. The molecule has 2 rings (SSSR count). The van der Waals surface area contributed by atoms with E-state index >= 15 is 0 Å². The van der Waals surface area contributed by atoms with Crippen molar-refractivity contribution in [3.8, 4) is 11.8 Å². The molecule has 32 heavy (non-hydrogen) atoms. The van der Waals surface area contributed by atoms with Crippen molar-refractivity contribution in [3.05, 3.63) is 45.7 Å². The summed E-state index contributed by atoms with van der Waals surface area (Å²) in [4.78, 5) is 23.1. The molecule has 0 spiro atoms. The molecule has 0 saturated heterocycles. The van der Waals surface area contributed by atoms with Gasteiger partial charge in [0.15, 0.2) is 5.57 Å². The Morgan fingerprint density at radius 2 is 1.69 bits per heavy atom. The fourth-order valence-electron chi connectivity index (χ4n) is 2.38. The van der Waals surface area contributed by atoms with Crippen molar-refractivity contribution in [2.24, 2.45) is 0 Å². The Balaban J connectivity index is 0.000000347. The molecule has 0 radical (unpaired) electrons. The van der Waals surface area contributed by atoms with Crippen LogP contribution in [-0.4, -0.2) is 53.7 Å². The van der Waals surface area contributed by atoms with Crippen LogP contribution in [0.2, 0.25) is 0 Å². The summed E-state index contributed by atoms with van der Waals surface area (Å²) >= 11 is 4.12. The van der Waals surface area contributed by atoms with E-state index in [1.807, 2.05) is 55.2 Å². The van der Waals surface area contributed by atoms with Crippen LogP contribution in [0.1, 0.15) is 24.2 Å². The normalized spacial score (nSPS) is 9.75. The second-order valence-corrected chi connectivity index (χ2v) is 8.33. The van der Waals surface area contributed by atoms with E-state index in [9.17, 15) is 9.59 Å². The Bertz CT molecular complexity index is 979. The molecule has 1 heterocycles. The Kier molecular flexibility index (Phi) is 12.5. The Morgan fingerprint density at radius 3 is 2.16 bits per heavy atom. The van der Waals surface area contributed by atoms with Gasteiger partial charge >= 0.3 is 11.9 Å². The third kappa shape index (κ3) is 7.25. The van der Waals surface area contributed by atoms with Crippen molar-refractivity contribution < 1.29 is 19.1 Å². The highest BCUT2D eigenvalue weighted by Crippen LogP contribution is 2.28. The summed E-state index contributed by atoms with van der Waals surface area (Å²) in [6.07, 6.45) is 5.49. The molecule has 0 aliphatic carbocycles. The third-order valence-corrected chi connectivity index (χ3v) is 6.55. The zero-order valence-electron chi connectivity index (χ0n) is 18.6. The highest BCUT2D eigenvalue weighted by atomic mass is 32.2. The lowest BCUT2D eigenvalue weighted by atomic mass is 10.3. The van der Waals surface area contributed by atoms with E-state index < -0.39 is 11.9 Å². The number of para-hydroxylation sites is 1. The highest BCUT2D eigenvalue weighted by molar-refractivity contribution is 8.21. The number of ether oxygens (including phenoxy) is 2. The lowest BCUT2D eigenvalue weighted by molar-refractivity contribution is -0.138. The summed E-state index contributed by atoms with van der Waals surface area (Å²) in [5.41, 5.74) is 7.27. The van der Waals surface area contributed by atoms with Crippen LogP contribution in [0.15, 0.2) is 45.2 Å². The molecule has 0 aliphatic rings. The number of anilines is 1. The van der Waals surface area contributed by atoms with Crippen LogP contribution in [0.4, 0.5) is 5.82 Å². The maximum absolute atomic E-state index is 11.9. The molecular formula is C21H26N4O4S3. The van der Waals surface area contributed by atoms with Gasteiger partial charge in [0, 0.05) is 0 Å². The average molecular weight is 495 g/mol. The van der Waals surface area contributed by atoms with Crippen LogP contribution in [0.5, 0.6) is 0 Å². The molecule has 0 amide bonds. The molecule has 0 atom stereocenters. The molecule has 1 aromatic heterocycles. The molecule has 0 fully saturated rings. The van der Waals surface area contributed by atoms with Gasteiger partial charge in [-0.25, -0.2) is 14.3 Å². The van der Waals surface area contributed by atoms with E-state index in [1.54, 1.807) is 18.5 Å². The van der Waals surface area contributed by atoms with Gasteiger partial charge < -0.3 is 15.2 Å². The first-order chi connectivity index (χ1) is 15.4. The standard InChI is InChI=1S/C13H15N3O2S.C8H11NO2S2/c1-3-18-13(17)10-11(14)16(15-12(10)19-2)9-7-5-4-6-8-9;1-4-11-7(10)6(5-9)8(12-2)13-3/h4-8H,3,14H2,1-2H3;4H2,1-3H3. The molecular weight excluding hydrogens is 468 g/mol. The zero-order valence-corrected chi connectivity index (χ0v) is 21.0. The van der Waals surface area contributed by atoms with Gasteiger partial charge in [0.05, 0.1) is 23.1 Å². The first kappa shape index (κ1) is 27.5. The molecule has 11 heteroatoms. The van der Waals surface area contributed by atoms with Gasteiger partial charge in [-0.3, -0.25) is 0 Å². The molecule has 172 valence electrons. The lowest BCUT2D eigenvalue weighted by Crippen LogP contribution is -2.09. The second-order valence-electron chi connectivity index (χ2n) is 5.64. The molecule has 0 bridgehead atoms. The monoisotopic (exact) mass is 494 g/mol. The van der Waals surface area contributed by atoms with Crippen LogP contribution in [0.25, 0.3) is 5.69 Å². The maximum atomic E-state index is 11.9. The van der Waals surface area contributed by atoms with Gasteiger partial charge in [-0.2, -0.15) is 10.4 Å². The third-order valence-electron chi connectivity index (χ3n) is 3.73. The van der Waals surface area contributed by atoms with Crippen LogP contribution in [0.3, 0.4) is 0 Å². The number of benzene rings is 1. The van der Waals surface area contributed by atoms with Crippen molar-refractivity contribution in [3.63, 3.8) is 0 Å². The van der Waals surface area contributed by atoms with Crippen molar-refractivity contribution in [2.75, 3.05) is 37.7 Å². The molecule has 0 unspecified atom stereocenters. The second kappa shape index (κ2) is 14.5. The number of hydrogen-bond donors (Lipinski definition) is 1. The lowest BCUT2D eigenvalue weighted by Gasteiger charge is -2.04. The van der Waals surface area contributed by atoms with Crippen molar-refractivity contribution in [1.29, 1.82) is 5.26 Å². The predicted octanol–water partition coefficient (Wildman–Crippen LogP) is 4.36. The summed E-state index contributed by atoms with van der Waals surface area (Å²) in [5.74, 6) is -0.677. The van der Waals surface area contributed by atoms with Gasteiger partial charge in [0.2, 0.25) is 0 Å². The van der Waals surface area contributed by atoms with E-state index in [1.165, 1.54) is 35.3 Å². The summed E-state index contributed by atoms with van der Waals surface area (Å²) < 4.78 is 12.0. The van der Waals surface area contributed by atoms with E-state index in [0.717, 1.165) is 5.69 Å². The Labute approximate surface area is 200 Å². The first-order valence-electron chi connectivity index (χ1n) is 9.44. The fraction of sp³-hybridized carbons (Fsp3) is 0.333. The average Bonchev–Trinajstić information content (AvgIpc) is 3.15. The number of rotatable bonds is 8. The minimum Gasteiger partial charge on any atom is -0.462 e. The van der Waals surface area contributed by atoms with Crippen molar-refractivity contribution >= 4 is 53.0 Å². The maximum Gasteiger partial charge on any atom is 0.350 e. The number of aromatic nitrogens is 2. The first-order valence-corrected chi connectivity index (χ1v) is 13.1. The number of nitrogen functional groups attached to an aromatic ring is 1. The largest absolute Gasteiger partial charge is 0.462 e. The molecule has 0 aliphatic heterocycles. The molecule has 0 saturated carbocycles. The quantitative estimate of drug-likeness (QED) is 0.245. The van der Waals surface area contributed by atoms with Gasteiger partial charge in [0.25, 0.3) is 0 Å². The minimum absolute atomic E-state index is 0.0989. The van der Waals surface area contributed by atoms with Crippen LogP contribution < -0.4 is 5.73 Å². The number of carbonyl (C=O) groups is 2. The summed E-state index contributed by atoms with van der Waals surface area (Å²) in [5, 5.41) is 13.6. The van der Waals surface area contributed by atoms with Gasteiger partial charge in [0.1, 0.15) is 22.5 Å². The number of esters is 2. The van der Waals surface area contributed by atoms with E-state index in [2.05, 4.69) is 5.10 Å². The number of nitrogens with zero attached hydrogens (tertiary/aromatic N) is 3. The van der Waals surface area contributed by atoms with Gasteiger partial charge in [-0.15, -0.1) is 35.3 Å². The number of thioether (sulfide) groups is 3. The highest BCUT2D eigenvalue weighted by Gasteiger charge is 2.23. The Hall–Kier alpha value is -2.55. The van der Waals surface area contributed by atoms with Crippen LogP contribution in [0, 0.1) is 11.3 Å². The summed E-state index contributed by atoms with van der Waals surface area (Å²) in [6.45, 7) is 4.07. The topological polar surface area (TPSA) is 120 Å². The van der Waals surface area contributed by atoms with E-state index in [0.29, 0.717) is 33.9 Å². The van der Waals surface area contributed by atoms with E-state index in [-0.39, 0.29) is 5.57 Å². The van der Waals surface area contributed by atoms with Crippen LogP contribution >= 0.6 is 35.3 Å². The zero-order chi connectivity index (χ0) is 24.1. The number of nitrogens with two attached hydrogens (primary N) is 1. The summed E-state index contributed by atoms with van der Waals surface area (Å²) in [6, 6.07) is 11.3. The number of nitriles is 1. The minimum atomic E-state index is -0.538. The predicted molar refractivity (Wildman–Crippen MR) is 132 cm³/mol. The number of carbonyl (C=O) groups excluding carboxylic acids is 2. The number of hydrogen-bond acceptors (Lipinski definition) is 10.